The van der Waals surface area contributed by atoms with Gasteiger partial charge in [0, 0.05) is 10.7 Å². The van der Waals surface area contributed by atoms with Gasteiger partial charge in [-0.05, 0) is 49.4 Å². The van der Waals surface area contributed by atoms with Crippen molar-refractivity contribution in [3.05, 3.63) is 52.5 Å². The number of carbonyl (C=O) groups excluding carboxylic acids is 2. The van der Waals surface area contributed by atoms with Crippen LogP contribution in [0.1, 0.15) is 6.92 Å². The summed E-state index contributed by atoms with van der Waals surface area (Å²) in [6.45, 7) is 2.43. The average Bonchev–Trinajstić information content (AvgIpc) is 2.53. The molecule has 0 heterocycles. The summed E-state index contributed by atoms with van der Waals surface area (Å²) < 4.78 is 5.30. The predicted octanol–water partition coefficient (Wildman–Crippen LogP) is 3.97. The molecule has 120 valence electrons. The quantitative estimate of drug-likeness (QED) is 0.818. The van der Waals surface area contributed by atoms with Crippen LogP contribution in [-0.2, 0) is 9.59 Å². The topological polar surface area (TPSA) is 67.4 Å². The fourth-order valence-corrected chi connectivity index (χ4v) is 2.10. The van der Waals surface area contributed by atoms with Gasteiger partial charge in [0.2, 0.25) is 0 Å². The van der Waals surface area contributed by atoms with Crippen molar-refractivity contribution in [1.82, 2.24) is 0 Å². The summed E-state index contributed by atoms with van der Waals surface area (Å²) in [5.74, 6) is -0.978. The molecule has 0 aromatic heterocycles. The van der Waals surface area contributed by atoms with Gasteiger partial charge in [0.05, 0.1) is 17.3 Å². The van der Waals surface area contributed by atoms with E-state index in [2.05, 4.69) is 10.6 Å². The molecule has 2 amide bonds. The van der Waals surface area contributed by atoms with Crippen LogP contribution in [0.3, 0.4) is 0 Å². The van der Waals surface area contributed by atoms with Gasteiger partial charge in [-0.2, -0.15) is 0 Å². The molecule has 0 aliphatic carbocycles. The number of amides is 2. The Kier molecular flexibility index (Phi) is 5.84. The largest absolute Gasteiger partial charge is 0.494 e. The highest BCUT2D eigenvalue weighted by Crippen LogP contribution is 2.25. The van der Waals surface area contributed by atoms with E-state index in [4.69, 9.17) is 27.9 Å². The zero-order chi connectivity index (χ0) is 16.8. The van der Waals surface area contributed by atoms with E-state index in [0.717, 1.165) is 0 Å². The lowest BCUT2D eigenvalue weighted by Crippen LogP contribution is -2.29. The molecule has 2 N–H and O–H groups in total. The molecule has 0 spiro atoms. The number of hydrogen-bond donors (Lipinski definition) is 2. The summed E-state index contributed by atoms with van der Waals surface area (Å²) in [5, 5.41) is 5.58. The highest BCUT2D eigenvalue weighted by atomic mass is 35.5. The number of benzene rings is 2. The molecule has 2 aromatic rings. The number of halogens is 2. The summed E-state index contributed by atoms with van der Waals surface area (Å²) in [5.41, 5.74) is 0.747. The Morgan fingerprint density at radius 2 is 1.65 bits per heavy atom. The first-order valence-electron chi connectivity index (χ1n) is 6.80. The first-order chi connectivity index (χ1) is 11.0. The summed E-state index contributed by atoms with van der Waals surface area (Å²) >= 11 is 11.8. The number of nitrogens with one attached hydrogen (secondary N) is 2. The molecular formula is C16H14Cl2N2O3. The van der Waals surface area contributed by atoms with Crippen LogP contribution >= 0.6 is 23.2 Å². The molecule has 0 saturated carbocycles. The lowest BCUT2D eigenvalue weighted by atomic mass is 10.3. The van der Waals surface area contributed by atoms with Crippen molar-refractivity contribution in [3.63, 3.8) is 0 Å². The Hall–Kier alpha value is -2.24. The second-order valence-corrected chi connectivity index (χ2v) is 5.33. The monoisotopic (exact) mass is 352 g/mol. The van der Waals surface area contributed by atoms with E-state index in [1.54, 1.807) is 30.3 Å². The lowest BCUT2D eigenvalue weighted by molar-refractivity contribution is -0.132. The summed E-state index contributed by atoms with van der Waals surface area (Å²) in [6, 6.07) is 11.3. The van der Waals surface area contributed by atoms with Gasteiger partial charge in [-0.1, -0.05) is 23.2 Å². The molecular weight excluding hydrogens is 339 g/mol. The second-order valence-electron chi connectivity index (χ2n) is 4.49. The smallest absolute Gasteiger partial charge is 0.314 e. The standard InChI is InChI=1S/C16H14Cl2N2O3/c1-2-23-12-6-4-11(5-7-12)19-15(21)16(22)20-14-9-10(17)3-8-13(14)18/h3-9H,2H2,1H3,(H,19,21)(H,20,22). The van der Waals surface area contributed by atoms with Crippen molar-refractivity contribution in [2.75, 3.05) is 17.2 Å². The first kappa shape index (κ1) is 17.1. The predicted molar refractivity (Wildman–Crippen MR) is 91.3 cm³/mol. The van der Waals surface area contributed by atoms with Crippen LogP contribution < -0.4 is 15.4 Å². The van der Waals surface area contributed by atoms with E-state index >= 15 is 0 Å². The minimum absolute atomic E-state index is 0.269. The van der Waals surface area contributed by atoms with Crippen LogP contribution in [0.25, 0.3) is 0 Å². The number of hydrogen-bond acceptors (Lipinski definition) is 3. The third kappa shape index (κ3) is 4.87. The van der Waals surface area contributed by atoms with E-state index < -0.39 is 11.8 Å². The van der Waals surface area contributed by atoms with E-state index in [9.17, 15) is 9.59 Å². The van der Waals surface area contributed by atoms with Crippen molar-refractivity contribution >= 4 is 46.4 Å². The Bertz CT molecular complexity index is 718. The highest BCUT2D eigenvalue weighted by Gasteiger charge is 2.15. The molecule has 2 aromatic carbocycles. The second kappa shape index (κ2) is 7.85. The molecule has 0 aliphatic rings. The van der Waals surface area contributed by atoms with Gasteiger partial charge in [0.25, 0.3) is 0 Å². The Morgan fingerprint density at radius 3 is 2.30 bits per heavy atom. The Balaban J connectivity index is 1.99. The molecule has 23 heavy (non-hydrogen) atoms. The fraction of sp³-hybridized carbons (Fsp3) is 0.125. The van der Waals surface area contributed by atoms with Gasteiger partial charge < -0.3 is 15.4 Å². The van der Waals surface area contributed by atoms with Gasteiger partial charge in [-0.25, -0.2) is 0 Å². The van der Waals surface area contributed by atoms with Gasteiger partial charge in [0.15, 0.2) is 0 Å². The fourth-order valence-electron chi connectivity index (χ4n) is 1.76. The van der Waals surface area contributed by atoms with E-state index in [1.165, 1.54) is 12.1 Å². The van der Waals surface area contributed by atoms with Crippen LogP contribution in [-0.4, -0.2) is 18.4 Å². The van der Waals surface area contributed by atoms with Crippen molar-refractivity contribution < 1.29 is 14.3 Å². The van der Waals surface area contributed by atoms with Crippen molar-refractivity contribution in [2.45, 2.75) is 6.92 Å². The summed E-state index contributed by atoms with van der Waals surface area (Å²) in [7, 11) is 0. The minimum Gasteiger partial charge on any atom is -0.494 e. The van der Waals surface area contributed by atoms with Crippen LogP contribution in [0, 0.1) is 0 Å². The molecule has 0 atom stereocenters. The zero-order valence-electron chi connectivity index (χ0n) is 12.2. The molecule has 5 nitrogen and oxygen atoms in total. The molecule has 0 radical (unpaired) electrons. The molecule has 0 saturated heterocycles. The molecule has 0 bridgehead atoms. The maximum atomic E-state index is 11.9. The normalized spacial score (nSPS) is 10.0. The van der Waals surface area contributed by atoms with E-state index in [1.807, 2.05) is 6.92 Å². The number of ether oxygens (including phenoxy) is 1. The van der Waals surface area contributed by atoms with Gasteiger partial charge >= 0.3 is 11.8 Å². The minimum atomic E-state index is -0.844. The van der Waals surface area contributed by atoms with Gasteiger partial charge in [0.1, 0.15) is 5.75 Å². The lowest BCUT2D eigenvalue weighted by Gasteiger charge is -2.09. The SMILES string of the molecule is CCOc1ccc(NC(=O)C(=O)Nc2cc(Cl)ccc2Cl)cc1. The third-order valence-corrected chi connectivity index (χ3v) is 3.37. The van der Waals surface area contributed by atoms with Gasteiger partial charge in [-0.15, -0.1) is 0 Å². The third-order valence-electron chi connectivity index (χ3n) is 2.81. The van der Waals surface area contributed by atoms with E-state index in [0.29, 0.717) is 23.1 Å². The number of anilines is 2. The maximum absolute atomic E-state index is 11.9. The average molecular weight is 353 g/mol. The molecule has 0 fully saturated rings. The van der Waals surface area contributed by atoms with Gasteiger partial charge in [-0.3, -0.25) is 9.59 Å². The molecule has 7 heteroatoms. The first-order valence-corrected chi connectivity index (χ1v) is 7.55. The van der Waals surface area contributed by atoms with Crippen molar-refractivity contribution in [2.24, 2.45) is 0 Å². The Labute approximate surface area is 143 Å². The molecule has 0 unspecified atom stereocenters. The van der Waals surface area contributed by atoms with Crippen LogP contribution in [0.5, 0.6) is 5.75 Å². The highest BCUT2D eigenvalue weighted by molar-refractivity contribution is 6.45. The zero-order valence-corrected chi connectivity index (χ0v) is 13.7. The number of rotatable bonds is 4. The summed E-state index contributed by atoms with van der Waals surface area (Å²) in [6.07, 6.45) is 0. The van der Waals surface area contributed by atoms with Crippen LogP contribution in [0.2, 0.25) is 10.0 Å². The maximum Gasteiger partial charge on any atom is 0.314 e. The van der Waals surface area contributed by atoms with Crippen molar-refractivity contribution in [1.29, 1.82) is 0 Å². The van der Waals surface area contributed by atoms with E-state index in [-0.39, 0.29) is 10.7 Å². The number of carbonyl (C=O) groups is 2. The van der Waals surface area contributed by atoms with Crippen LogP contribution in [0.15, 0.2) is 42.5 Å². The van der Waals surface area contributed by atoms with Crippen molar-refractivity contribution in [3.8, 4) is 5.75 Å². The van der Waals surface area contributed by atoms with Crippen LogP contribution in [0.4, 0.5) is 11.4 Å². The summed E-state index contributed by atoms with van der Waals surface area (Å²) in [4.78, 5) is 23.8. The Morgan fingerprint density at radius 1 is 1.00 bits per heavy atom. The molecule has 2 rings (SSSR count). The molecule has 0 aliphatic heterocycles.